The molecule has 0 spiro atoms. The molecule has 2 aliphatic rings. The van der Waals surface area contributed by atoms with Gasteiger partial charge in [0.1, 0.15) is 4.88 Å². The number of carbonyl (C=O) groups is 2. The first-order valence-corrected chi connectivity index (χ1v) is 9.08. The fourth-order valence-corrected chi connectivity index (χ4v) is 4.47. The lowest BCUT2D eigenvalue weighted by atomic mass is 9.78. The van der Waals surface area contributed by atoms with E-state index in [1.165, 1.54) is 31.4 Å². The van der Waals surface area contributed by atoms with E-state index in [4.69, 9.17) is 4.74 Å². The van der Waals surface area contributed by atoms with Crippen LogP contribution in [0.3, 0.4) is 0 Å². The molecule has 1 aromatic rings. The van der Waals surface area contributed by atoms with Crippen molar-refractivity contribution in [3.8, 4) is 0 Å². The fraction of sp³-hybridized carbons (Fsp3) is 0.625. The van der Waals surface area contributed by atoms with E-state index in [1.807, 2.05) is 4.90 Å². The van der Waals surface area contributed by atoms with Gasteiger partial charge in [0.25, 0.3) is 5.91 Å². The molecule has 2 heterocycles. The van der Waals surface area contributed by atoms with E-state index >= 15 is 0 Å². The van der Waals surface area contributed by atoms with Gasteiger partial charge in [0.05, 0.1) is 4.92 Å². The van der Waals surface area contributed by atoms with E-state index in [0.29, 0.717) is 5.92 Å². The molecule has 8 heteroatoms. The smallest absolute Gasteiger partial charge is 0.349 e. The highest BCUT2D eigenvalue weighted by atomic mass is 32.1. The number of likely N-dealkylation sites (tertiary alicyclic amines) is 1. The van der Waals surface area contributed by atoms with Crippen molar-refractivity contribution in [2.75, 3.05) is 13.2 Å². The van der Waals surface area contributed by atoms with Crippen molar-refractivity contribution in [2.24, 2.45) is 5.92 Å². The van der Waals surface area contributed by atoms with E-state index in [1.54, 1.807) is 0 Å². The molecule has 1 saturated heterocycles. The summed E-state index contributed by atoms with van der Waals surface area (Å²) in [5.41, 5.74) is 0. The van der Waals surface area contributed by atoms with Crippen LogP contribution in [0.25, 0.3) is 0 Å². The van der Waals surface area contributed by atoms with Crippen LogP contribution in [0.5, 0.6) is 0 Å². The minimum absolute atomic E-state index is 0.116. The normalized spacial score (nSPS) is 23.4. The monoisotopic (exact) mass is 352 g/mol. The highest BCUT2D eigenvalue weighted by Crippen LogP contribution is 2.35. The number of hydrogen-bond acceptors (Lipinski definition) is 6. The second-order valence-corrected chi connectivity index (χ2v) is 7.37. The molecule has 1 saturated carbocycles. The van der Waals surface area contributed by atoms with Crippen molar-refractivity contribution >= 4 is 28.2 Å². The SMILES string of the molecule is O=C(OCC(=O)N1CCC[C@@H]2CCCC[C@@H]21)c1ccc([N+](=O)[O-])s1. The Morgan fingerprint density at radius 2 is 2.00 bits per heavy atom. The number of nitro groups is 1. The minimum Gasteiger partial charge on any atom is -0.451 e. The van der Waals surface area contributed by atoms with Crippen LogP contribution in [0.15, 0.2) is 12.1 Å². The largest absolute Gasteiger partial charge is 0.451 e. The van der Waals surface area contributed by atoms with Gasteiger partial charge in [-0.05, 0) is 37.7 Å². The zero-order valence-electron chi connectivity index (χ0n) is 13.3. The molecule has 0 aromatic carbocycles. The number of esters is 1. The maximum absolute atomic E-state index is 12.4. The molecule has 1 aliphatic heterocycles. The van der Waals surface area contributed by atoms with E-state index in [0.717, 1.165) is 37.1 Å². The first-order valence-electron chi connectivity index (χ1n) is 8.27. The Balaban J connectivity index is 1.56. The van der Waals surface area contributed by atoms with Gasteiger partial charge < -0.3 is 9.64 Å². The number of thiophene rings is 1. The van der Waals surface area contributed by atoms with Crippen molar-refractivity contribution in [3.05, 3.63) is 27.1 Å². The fourth-order valence-electron chi connectivity index (χ4n) is 3.75. The summed E-state index contributed by atoms with van der Waals surface area (Å²) in [7, 11) is 0. The lowest BCUT2D eigenvalue weighted by molar-refractivity contribution is -0.380. The quantitative estimate of drug-likeness (QED) is 0.472. The molecular formula is C16H20N2O5S. The van der Waals surface area contributed by atoms with Gasteiger partial charge in [0.2, 0.25) is 0 Å². The van der Waals surface area contributed by atoms with Crippen molar-refractivity contribution in [1.29, 1.82) is 0 Å². The first-order chi connectivity index (χ1) is 11.6. The van der Waals surface area contributed by atoms with Gasteiger partial charge in [0, 0.05) is 18.7 Å². The van der Waals surface area contributed by atoms with Crippen LogP contribution in [0, 0.1) is 16.0 Å². The van der Waals surface area contributed by atoms with Crippen LogP contribution in [-0.2, 0) is 9.53 Å². The molecule has 7 nitrogen and oxygen atoms in total. The molecule has 1 amide bonds. The minimum atomic E-state index is -0.682. The molecule has 0 N–H and O–H groups in total. The van der Waals surface area contributed by atoms with Crippen LogP contribution in [0.1, 0.15) is 48.2 Å². The summed E-state index contributed by atoms with van der Waals surface area (Å²) in [5, 5.41) is 10.5. The van der Waals surface area contributed by atoms with Crippen molar-refractivity contribution in [2.45, 2.75) is 44.6 Å². The van der Waals surface area contributed by atoms with E-state index < -0.39 is 10.9 Å². The maximum atomic E-state index is 12.4. The van der Waals surface area contributed by atoms with Crippen molar-refractivity contribution in [1.82, 2.24) is 4.90 Å². The predicted octanol–water partition coefficient (Wildman–Crippen LogP) is 2.99. The highest BCUT2D eigenvalue weighted by Gasteiger charge is 2.35. The zero-order chi connectivity index (χ0) is 17.1. The lowest BCUT2D eigenvalue weighted by Crippen LogP contribution is -2.50. The number of hydrogen-bond donors (Lipinski definition) is 0. The average molecular weight is 352 g/mol. The molecule has 3 rings (SSSR count). The topological polar surface area (TPSA) is 89.8 Å². The standard InChI is InChI=1S/C16H20N2O5S/c19-14(17-9-3-5-11-4-1-2-6-12(11)17)10-23-16(20)13-7-8-15(24-13)18(21)22/h7-8,11-12H,1-6,9-10H2/t11-,12-/m0/s1. The van der Waals surface area contributed by atoms with E-state index in [9.17, 15) is 19.7 Å². The van der Waals surface area contributed by atoms with Crippen molar-refractivity contribution in [3.63, 3.8) is 0 Å². The summed E-state index contributed by atoms with van der Waals surface area (Å²) in [6.07, 6.45) is 6.75. The van der Waals surface area contributed by atoms with Crippen LogP contribution >= 0.6 is 11.3 Å². The molecule has 0 bridgehead atoms. The third kappa shape index (κ3) is 3.58. The summed E-state index contributed by atoms with van der Waals surface area (Å²) in [5.74, 6) is -0.267. The Hall–Kier alpha value is -1.96. The Morgan fingerprint density at radius 1 is 1.25 bits per heavy atom. The van der Waals surface area contributed by atoms with Gasteiger partial charge in [-0.15, -0.1) is 0 Å². The Kier molecular flexibility index (Phi) is 5.13. The lowest BCUT2D eigenvalue weighted by Gasteiger charge is -2.44. The second-order valence-electron chi connectivity index (χ2n) is 6.31. The number of fused-ring (bicyclic) bond motifs is 1. The van der Waals surface area contributed by atoms with Gasteiger partial charge in [-0.3, -0.25) is 14.9 Å². The predicted molar refractivity (Wildman–Crippen MR) is 87.9 cm³/mol. The third-order valence-electron chi connectivity index (χ3n) is 4.86. The summed E-state index contributed by atoms with van der Waals surface area (Å²) in [6, 6.07) is 2.90. The molecular weight excluding hydrogens is 332 g/mol. The molecule has 24 heavy (non-hydrogen) atoms. The van der Waals surface area contributed by atoms with Crippen LogP contribution in [-0.4, -0.2) is 40.9 Å². The number of nitrogens with zero attached hydrogens (tertiary/aromatic N) is 2. The zero-order valence-corrected chi connectivity index (χ0v) is 14.1. The van der Waals surface area contributed by atoms with Crippen molar-refractivity contribution < 1.29 is 19.2 Å². The number of piperidine rings is 1. The molecule has 2 atom stereocenters. The molecule has 0 unspecified atom stereocenters. The van der Waals surface area contributed by atoms with Gasteiger partial charge >= 0.3 is 11.0 Å². The van der Waals surface area contributed by atoms with Gasteiger partial charge in [-0.1, -0.05) is 24.2 Å². The number of amides is 1. The molecule has 1 aromatic heterocycles. The summed E-state index contributed by atoms with van der Waals surface area (Å²) >= 11 is 0.756. The molecule has 2 fully saturated rings. The summed E-state index contributed by atoms with van der Waals surface area (Å²) in [6.45, 7) is 0.426. The van der Waals surface area contributed by atoms with E-state index in [-0.39, 0.29) is 28.4 Å². The number of rotatable bonds is 4. The van der Waals surface area contributed by atoms with Crippen LogP contribution in [0.2, 0.25) is 0 Å². The Labute approximate surface area is 143 Å². The third-order valence-corrected chi connectivity index (χ3v) is 5.88. The van der Waals surface area contributed by atoms with Crippen LogP contribution < -0.4 is 0 Å². The Bertz CT molecular complexity index is 642. The Morgan fingerprint density at radius 3 is 2.75 bits per heavy atom. The van der Waals surface area contributed by atoms with Gasteiger partial charge in [-0.25, -0.2) is 4.79 Å². The summed E-state index contributed by atoms with van der Waals surface area (Å²) < 4.78 is 5.07. The van der Waals surface area contributed by atoms with Crippen LogP contribution in [0.4, 0.5) is 5.00 Å². The summed E-state index contributed by atoms with van der Waals surface area (Å²) in [4.78, 5) is 36.5. The molecule has 130 valence electrons. The maximum Gasteiger partial charge on any atom is 0.349 e. The highest BCUT2D eigenvalue weighted by molar-refractivity contribution is 7.17. The van der Waals surface area contributed by atoms with Gasteiger partial charge in [0.15, 0.2) is 6.61 Å². The number of carbonyl (C=O) groups excluding carboxylic acids is 2. The molecule has 1 aliphatic carbocycles. The second kappa shape index (κ2) is 7.29. The van der Waals surface area contributed by atoms with Gasteiger partial charge in [-0.2, -0.15) is 0 Å². The number of ether oxygens (including phenoxy) is 1. The average Bonchev–Trinajstić information content (AvgIpc) is 3.09. The molecule has 0 radical (unpaired) electrons. The first kappa shape index (κ1) is 16.9. The van der Waals surface area contributed by atoms with E-state index in [2.05, 4.69) is 0 Å².